The summed E-state index contributed by atoms with van der Waals surface area (Å²) in [5, 5.41) is 9.57. The van der Waals surface area contributed by atoms with Crippen LogP contribution in [0.3, 0.4) is 0 Å². The Hall–Kier alpha value is -2.37. The highest BCUT2D eigenvalue weighted by atomic mass is 16.5. The number of carboxylic acid groups (broad SMARTS) is 1. The predicted octanol–water partition coefficient (Wildman–Crippen LogP) is 3.16. The van der Waals surface area contributed by atoms with E-state index in [1.165, 1.54) is 7.11 Å². The van der Waals surface area contributed by atoms with E-state index in [4.69, 9.17) is 4.74 Å². The second-order valence-corrected chi connectivity index (χ2v) is 7.33. The summed E-state index contributed by atoms with van der Waals surface area (Å²) in [4.78, 5) is 34.7. The highest BCUT2D eigenvalue weighted by Gasteiger charge is 2.44. The highest BCUT2D eigenvalue weighted by molar-refractivity contribution is 5.72. The molecule has 1 saturated carbocycles. The topological polar surface area (TPSA) is 89.9 Å². The van der Waals surface area contributed by atoms with Crippen molar-refractivity contribution >= 4 is 17.9 Å². The standard InChI is InChI=1S/C21H28O6/c1-3-27-19(23)14-21(10-11-21)9-8-17(20(24)25)12-15-4-6-16(7-5-15)13-18(22)26-2/h4-7,17H,3,8-14H2,1-2H3,(H,24,25). The van der Waals surface area contributed by atoms with E-state index in [0.29, 0.717) is 25.9 Å². The van der Waals surface area contributed by atoms with Gasteiger partial charge in [0.2, 0.25) is 0 Å². The van der Waals surface area contributed by atoms with Gasteiger partial charge in [-0.2, -0.15) is 0 Å². The zero-order valence-electron chi connectivity index (χ0n) is 16.0. The number of methoxy groups -OCH3 is 1. The molecule has 0 heterocycles. The van der Waals surface area contributed by atoms with E-state index in [1.54, 1.807) is 6.92 Å². The quantitative estimate of drug-likeness (QED) is 0.597. The van der Waals surface area contributed by atoms with Gasteiger partial charge in [-0.3, -0.25) is 14.4 Å². The molecule has 1 fully saturated rings. The van der Waals surface area contributed by atoms with Gasteiger partial charge < -0.3 is 14.6 Å². The van der Waals surface area contributed by atoms with Gasteiger partial charge in [-0.05, 0) is 55.6 Å². The summed E-state index contributed by atoms with van der Waals surface area (Å²) in [7, 11) is 1.35. The van der Waals surface area contributed by atoms with Crippen LogP contribution in [0.15, 0.2) is 24.3 Å². The molecule has 0 amide bonds. The van der Waals surface area contributed by atoms with Crippen molar-refractivity contribution in [1.82, 2.24) is 0 Å². The van der Waals surface area contributed by atoms with Crippen molar-refractivity contribution in [1.29, 1.82) is 0 Å². The van der Waals surface area contributed by atoms with Crippen molar-refractivity contribution in [2.75, 3.05) is 13.7 Å². The van der Waals surface area contributed by atoms with Crippen molar-refractivity contribution in [3.63, 3.8) is 0 Å². The van der Waals surface area contributed by atoms with Crippen LogP contribution in [0.25, 0.3) is 0 Å². The van der Waals surface area contributed by atoms with Crippen molar-refractivity contribution in [3.05, 3.63) is 35.4 Å². The van der Waals surface area contributed by atoms with Gasteiger partial charge in [0.15, 0.2) is 0 Å². The Kier molecular flexibility index (Phi) is 7.39. The average molecular weight is 376 g/mol. The van der Waals surface area contributed by atoms with Crippen LogP contribution in [0, 0.1) is 11.3 Å². The summed E-state index contributed by atoms with van der Waals surface area (Å²) in [6.07, 6.45) is 4.21. The Morgan fingerprint density at radius 1 is 1.11 bits per heavy atom. The minimum atomic E-state index is -0.819. The van der Waals surface area contributed by atoms with Gasteiger partial charge in [-0.1, -0.05) is 24.3 Å². The molecule has 1 aliphatic carbocycles. The lowest BCUT2D eigenvalue weighted by atomic mass is 9.87. The van der Waals surface area contributed by atoms with Crippen molar-refractivity contribution in [2.24, 2.45) is 11.3 Å². The lowest BCUT2D eigenvalue weighted by molar-refractivity contribution is -0.144. The molecule has 1 N–H and O–H groups in total. The van der Waals surface area contributed by atoms with Gasteiger partial charge >= 0.3 is 17.9 Å². The molecule has 0 bridgehead atoms. The van der Waals surface area contributed by atoms with E-state index in [-0.39, 0.29) is 23.8 Å². The molecular formula is C21H28O6. The number of esters is 2. The molecule has 1 unspecified atom stereocenters. The third-order valence-corrected chi connectivity index (χ3v) is 5.24. The largest absolute Gasteiger partial charge is 0.481 e. The van der Waals surface area contributed by atoms with Crippen LogP contribution in [0.1, 0.15) is 50.2 Å². The first-order valence-corrected chi connectivity index (χ1v) is 9.40. The van der Waals surface area contributed by atoms with E-state index < -0.39 is 11.9 Å². The number of benzene rings is 1. The lowest BCUT2D eigenvalue weighted by Gasteiger charge is -2.18. The Labute approximate surface area is 159 Å². The summed E-state index contributed by atoms with van der Waals surface area (Å²) < 4.78 is 9.67. The number of hydrogen-bond acceptors (Lipinski definition) is 5. The van der Waals surface area contributed by atoms with Crippen LogP contribution in [-0.4, -0.2) is 36.7 Å². The molecule has 27 heavy (non-hydrogen) atoms. The number of aliphatic carboxylic acids is 1. The summed E-state index contributed by atoms with van der Waals surface area (Å²) in [6, 6.07) is 7.38. The number of carboxylic acids is 1. The fourth-order valence-corrected chi connectivity index (χ4v) is 3.32. The Morgan fingerprint density at radius 2 is 1.74 bits per heavy atom. The fraction of sp³-hybridized carbons (Fsp3) is 0.571. The molecule has 1 aliphatic rings. The van der Waals surface area contributed by atoms with Crippen LogP contribution < -0.4 is 0 Å². The normalized spacial score (nSPS) is 15.6. The molecule has 6 heteroatoms. The van der Waals surface area contributed by atoms with Gasteiger partial charge in [0.1, 0.15) is 0 Å². The van der Waals surface area contributed by atoms with Gasteiger partial charge in [0.25, 0.3) is 0 Å². The first-order valence-electron chi connectivity index (χ1n) is 9.40. The molecule has 0 radical (unpaired) electrons. The van der Waals surface area contributed by atoms with Crippen LogP contribution >= 0.6 is 0 Å². The molecule has 0 saturated heterocycles. The number of hydrogen-bond donors (Lipinski definition) is 1. The van der Waals surface area contributed by atoms with Gasteiger partial charge in [0, 0.05) is 0 Å². The van der Waals surface area contributed by atoms with E-state index in [1.807, 2.05) is 24.3 Å². The molecule has 0 aliphatic heterocycles. The van der Waals surface area contributed by atoms with Gasteiger partial charge in [-0.15, -0.1) is 0 Å². The first-order chi connectivity index (χ1) is 12.9. The van der Waals surface area contributed by atoms with Crippen molar-refractivity contribution in [2.45, 2.75) is 51.9 Å². The van der Waals surface area contributed by atoms with Crippen LogP contribution in [0.5, 0.6) is 0 Å². The maximum absolute atomic E-state index is 11.7. The van der Waals surface area contributed by atoms with Gasteiger partial charge in [-0.25, -0.2) is 0 Å². The maximum atomic E-state index is 11.7. The monoisotopic (exact) mass is 376 g/mol. The third kappa shape index (κ3) is 6.70. The van der Waals surface area contributed by atoms with Crippen LogP contribution in [0.4, 0.5) is 0 Å². The Bertz CT molecular complexity index is 660. The summed E-state index contributed by atoms with van der Waals surface area (Å²) in [5.41, 5.74) is 1.69. The number of carbonyl (C=O) groups is 3. The minimum Gasteiger partial charge on any atom is -0.481 e. The Balaban J connectivity index is 1.89. The van der Waals surface area contributed by atoms with E-state index in [2.05, 4.69) is 4.74 Å². The average Bonchev–Trinajstić information content (AvgIpc) is 3.39. The molecule has 1 atom stereocenters. The zero-order chi connectivity index (χ0) is 19.9. The van der Waals surface area contributed by atoms with Crippen molar-refractivity contribution in [3.8, 4) is 0 Å². The molecule has 1 aromatic rings. The molecule has 2 rings (SSSR count). The second kappa shape index (κ2) is 9.53. The molecule has 6 nitrogen and oxygen atoms in total. The molecular weight excluding hydrogens is 348 g/mol. The predicted molar refractivity (Wildman–Crippen MR) is 99.1 cm³/mol. The molecule has 0 aromatic heterocycles. The van der Waals surface area contributed by atoms with E-state index >= 15 is 0 Å². The highest BCUT2D eigenvalue weighted by Crippen LogP contribution is 2.53. The van der Waals surface area contributed by atoms with Crippen LogP contribution in [0.2, 0.25) is 0 Å². The number of rotatable bonds is 11. The maximum Gasteiger partial charge on any atom is 0.309 e. The zero-order valence-corrected chi connectivity index (χ0v) is 16.0. The van der Waals surface area contributed by atoms with E-state index in [0.717, 1.165) is 30.4 Å². The third-order valence-electron chi connectivity index (χ3n) is 5.24. The number of ether oxygens (including phenoxy) is 2. The lowest BCUT2D eigenvalue weighted by Crippen LogP contribution is -2.20. The molecule has 148 valence electrons. The van der Waals surface area contributed by atoms with Gasteiger partial charge in [0.05, 0.1) is 32.5 Å². The summed E-state index contributed by atoms with van der Waals surface area (Å²) in [6.45, 7) is 2.16. The minimum absolute atomic E-state index is 0.0652. The summed E-state index contributed by atoms with van der Waals surface area (Å²) in [5.74, 6) is -1.80. The summed E-state index contributed by atoms with van der Waals surface area (Å²) >= 11 is 0. The first kappa shape index (κ1) is 20.9. The van der Waals surface area contributed by atoms with Crippen molar-refractivity contribution < 1.29 is 29.0 Å². The molecule has 0 spiro atoms. The van der Waals surface area contributed by atoms with Crippen LogP contribution in [-0.2, 0) is 36.7 Å². The second-order valence-electron chi connectivity index (χ2n) is 7.33. The number of carbonyl (C=O) groups excluding carboxylic acids is 2. The SMILES string of the molecule is CCOC(=O)CC1(CCC(Cc2ccc(CC(=O)OC)cc2)C(=O)O)CC1. The smallest absolute Gasteiger partial charge is 0.309 e. The van der Waals surface area contributed by atoms with E-state index in [9.17, 15) is 19.5 Å². The molecule has 1 aromatic carbocycles. The fourth-order valence-electron chi connectivity index (χ4n) is 3.32. The Morgan fingerprint density at radius 3 is 2.26 bits per heavy atom.